The van der Waals surface area contributed by atoms with Gasteiger partial charge in [-0.2, -0.15) is 0 Å². The summed E-state index contributed by atoms with van der Waals surface area (Å²) in [6.45, 7) is 2.48. The summed E-state index contributed by atoms with van der Waals surface area (Å²) in [5, 5.41) is 0. The van der Waals surface area contributed by atoms with Crippen LogP contribution >= 0.6 is 15.9 Å². The fourth-order valence-electron chi connectivity index (χ4n) is 1.41. The van der Waals surface area contributed by atoms with Gasteiger partial charge in [-0.25, -0.2) is 8.42 Å². The number of rotatable bonds is 7. The Morgan fingerprint density at radius 2 is 2.11 bits per heavy atom. The van der Waals surface area contributed by atoms with E-state index in [9.17, 15) is 8.42 Å². The van der Waals surface area contributed by atoms with Gasteiger partial charge in [-0.1, -0.05) is 22.9 Å². The third kappa shape index (κ3) is 4.96. The smallest absolute Gasteiger partial charge is 0.150 e. The largest absolute Gasteiger partial charge is 0.494 e. The molecule has 0 aliphatic carbocycles. The highest BCUT2D eigenvalue weighted by Gasteiger charge is 2.07. The van der Waals surface area contributed by atoms with Crippen molar-refractivity contribution in [1.29, 1.82) is 0 Å². The van der Waals surface area contributed by atoms with Crippen molar-refractivity contribution in [2.24, 2.45) is 5.73 Å². The Balaban J connectivity index is 2.45. The Labute approximate surface area is 117 Å². The van der Waals surface area contributed by atoms with E-state index in [-0.39, 0.29) is 11.5 Å². The summed E-state index contributed by atoms with van der Waals surface area (Å²) in [5.41, 5.74) is 6.55. The van der Waals surface area contributed by atoms with Gasteiger partial charge in [-0.05, 0) is 30.2 Å². The standard InChI is InChI=1S/C12H18BrNO3S/c1-2-18(15,16)7-3-6-17-11-4-5-12(13)10(8-11)9-14/h4-5,8H,2-3,6-7,9,14H2,1H3. The second-order valence-corrected chi connectivity index (χ2v) is 7.22. The molecule has 1 aromatic carbocycles. The Hall–Kier alpha value is -0.590. The van der Waals surface area contributed by atoms with Crippen LogP contribution in [0.2, 0.25) is 0 Å². The van der Waals surface area contributed by atoms with Crippen molar-refractivity contribution in [3.8, 4) is 5.75 Å². The summed E-state index contributed by atoms with van der Waals surface area (Å²) in [6.07, 6.45) is 0.504. The minimum absolute atomic E-state index is 0.170. The Morgan fingerprint density at radius 1 is 1.39 bits per heavy atom. The molecule has 0 aromatic heterocycles. The molecule has 0 radical (unpaired) electrons. The lowest BCUT2D eigenvalue weighted by Crippen LogP contribution is -2.12. The normalized spacial score (nSPS) is 11.5. The third-order valence-corrected chi connectivity index (χ3v) is 5.11. The molecule has 102 valence electrons. The molecule has 0 spiro atoms. The Kier molecular flexibility index (Phi) is 6.11. The number of halogens is 1. The molecule has 0 bridgehead atoms. The Bertz CT molecular complexity index is 488. The molecular formula is C12H18BrNO3S. The first kappa shape index (κ1) is 15.5. The van der Waals surface area contributed by atoms with E-state index in [0.29, 0.717) is 25.3 Å². The highest BCUT2D eigenvalue weighted by Crippen LogP contribution is 2.22. The fraction of sp³-hybridized carbons (Fsp3) is 0.500. The molecule has 2 N–H and O–H groups in total. The average Bonchev–Trinajstić information content (AvgIpc) is 2.36. The molecule has 4 nitrogen and oxygen atoms in total. The van der Waals surface area contributed by atoms with Crippen LogP contribution in [0.1, 0.15) is 18.9 Å². The van der Waals surface area contributed by atoms with Gasteiger partial charge in [-0.3, -0.25) is 0 Å². The van der Waals surface area contributed by atoms with E-state index in [1.807, 2.05) is 18.2 Å². The highest BCUT2D eigenvalue weighted by molar-refractivity contribution is 9.10. The van der Waals surface area contributed by atoms with Crippen LogP contribution in [-0.2, 0) is 16.4 Å². The molecule has 0 saturated carbocycles. The quantitative estimate of drug-likeness (QED) is 0.775. The van der Waals surface area contributed by atoms with Crippen LogP contribution in [0.3, 0.4) is 0 Å². The van der Waals surface area contributed by atoms with Gasteiger partial charge < -0.3 is 10.5 Å². The second kappa shape index (κ2) is 7.11. The number of hydrogen-bond donors (Lipinski definition) is 1. The summed E-state index contributed by atoms with van der Waals surface area (Å²) in [6, 6.07) is 5.57. The van der Waals surface area contributed by atoms with E-state index in [1.165, 1.54) is 0 Å². The zero-order valence-corrected chi connectivity index (χ0v) is 12.8. The minimum atomic E-state index is -2.90. The summed E-state index contributed by atoms with van der Waals surface area (Å²) >= 11 is 3.39. The van der Waals surface area contributed by atoms with Crippen LogP contribution in [0.5, 0.6) is 5.75 Å². The van der Waals surface area contributed by atoms with Crippen molar-refractivity contribution >= 4 is 25.8 Å². The molecule has 0 atom stereocenters. The van der Waals surface area contributed by atoms with Crippen molar-refractivity contribution in [3.05, 3.63) is 28.2 Å². The van der Waals surface area contributed by atoms with Gasteiger partial charge in [0.1, 0.15) is 15.6 Å². The van der Waals surface area contributed by atoms with E-state index < -0.39 is 9.84 Å². The van der Waals surface area contributed by atoms with E-state index in [4.69, 9.17) is 10.5 Å². The van der Waals surface area contributed by atoms with Gasteiger partial charge in [0.05, 0.1) is 12.4 Å². The van der Waals surface area contributed by atoms with E-state index in [2.05, 4.69) is 15.9 Å². The van der Waals surface area contributed by atoms with Gasteiger partial charge >= 0.3 is 0 Å². The highest BCUT2D eigenvalue weighted by atomic mass is 79.9. The molecule has 0 fully saturated rings. The molecule has 6 heteroatoms. The van der Waals surface area contributed by atoms with E-state index >= 15 is 0 Å². The maximum absolute atomic E-state index is 11.3. The van der Waals surface area contributed by atoms with Gasteiger partial charge in [0.2, 0.25) is 0 Å². The van der Waals surface area contributed by atoms with Crippen molar-refractivity contribution in [3.63, 3.8) is 0 Å². The van der Waals surface area contributed by atoms with Crippen LogP contribution in [0.25, 0.3) is 0 Å². The van der Waals surface area contributed by atoms with E-state index in [0.717, 1.165) is 10.0 Å². The number of nitrogens with two attached hydrogens (primary N) is 1. The lowest BCUT2D eigenvalue weighted by atomic mass is 10.2. The molecule has 1 aromatic rings. The average molecular weight is 336 g/mol. The second-order valence-electron chi connectivity index (χ2n) is 3.90. The summed E-state index contributed by atoms with van der Waals surface area (Å²) in [5.74, 6) is 1.07. The molecule has 0 unspecified atom stereocenters. The van der Waals surface area contributed by atoms with Gasteiger partial charge in [0, 0.05) is 16.8 Å². The first-order valence-electron chi connectivity index (χ1n) is 5.80. The molecule has 0 heterocycles. The predicted molar refractivity (Wildman–Crippen MR) is 76.5 cm³/mol. The number of ether oxygens (including phenoxy) is 1. The summed E-state index contributed by atoms with van der Waals surface area (Å²) < 4.78 is 29.0. The maximum atomic E-state index is 11.3. The van der Waals surface area contributed by atoms with Crippen LogP contribution in [-0.4, -0.2) is 26.5 Å². The van der Waals surface area contributed by atoms with Crippen LogP contribution in [0.4, 0.5) is 0 Å². The number of sulfone groups is 1. The first-order chi connectivity index (χ1) is 8.48. The third-order valence-electron chi connectivity index (χ3n) is 2.55. The molecule has 1 rings (SSSR count). The van der Waals surface area contributed by atoms with Crippen molar-refractivity contribution in [2.45, 2.75) is 19.9 Å². The molecule has 18 heavy (non-hydrogen) atoms. The lowest BCUT2D eigenvalue weighted by Gasteiger charge is -2.08. The summed E-state index contributed by atoms with van der Waals surface area (Å²) in [4.78, 5) is 0. The molecule has 0 saturated heterocycles. The minimum Gasteiger partial charge on any atom is -0.494 e. The topological polar surface area (TPSA) is 69.4 Å². The van der Waals surface area contributed by atoms with Crippen molar-refractivity contribution < 1.29 is 13.2 Å². The monoisotopic (exact) mass is 335 g/mol. The zero-order valence-electron chi connectivity index (χ0n) is 10.4. The molecule has 0 amide bonds. The summed E-state index contributed by atoms with van der Waals surface area (Å²) in [7, 11) is -2.90. The zero-order chi connectivity index (χ0) is 13.6. The molecule has 0 aliphatic heterocycles. The van der Waals surface area contributed by atoms with E-state index in [1.54, 1.807) is 6.92 Å². The van der Waals surface area contributed by atoms with Crippen LogP contribution < -0.4 is 10.5 Å². The SMILES string of the molecule is CCS(=O)(=O)CCCOc1ccc(Br)c(CN)c1. The first-order valence-corrected chi connectivity index (χ1v) is 8.41. The van der Waals surface area contributed by atoms with Crippen LogP contribution in [0.15, 0.2) is 22.7 Å². The molecular weight excluding hydrogens is 318 g/mol. The molecule has 0 aliphatic rings. The van der Waals surface area contributed by atoms with Gasteiger partial charge in [-0.15, -0.1) is 0 Å². The van der Waals surface area contributed by atoms with Crippen molar-refractivity contribution in [1.82, 2.24) is 0 Å². The predicted octanol–water partition coefficient (Wildman–Crippen LogP) is 2.11. The fourth-order valence-corrected chi connectivity index (χ4v) is 2.67. The van der Waals surface area contributed by atoms with Crippen molar-refractivity contribution in [2.75, 3.05) is 18.1 Å². The van der Waals surface area contributed by atoms with Gasteiger partial charge in [0.15, 0.2) is 0 Å². The Morgan fingerprint density at radius 3 is 2.72 bits per heavy atom. The maximum Gasteiger partial charge on any atom is 0.150 e. The number of benzene rings is 1. The number of hydrogen-bond acceptors (Lipinski definition) is 4. The van der Waals surface area contributed by atoms with Gasteiger partial charge in [0.25, 0.3) is 0 Å². The lowest BCUT2D eigenvalue weighted by molar-refractivity contribution is 0.317. The van der Waals surface area contributed by atoms with Crippen LogP contribution in [0, 0.1) is 0 Å².